The molecule has 3 amide bonds. The van der Waals surface area contributed by atoms with E-state index in [1.54, 1.807) is 4.68 Å². The fourth-order valence-corrected chi connectivity index (χ4v) is 5.66. The van der Waals surface area contributed by atoms with E-state index in [0.29, 0.717) is 24.8 Å². The zero-order valence-corrected chi connectivity index (χ0v) is 24.8. The molecule has 1 aliphatic carbocycles. The maximum atomic E-state index is 13.3. The van der Waals surface area contributed by atoms with Crippen LogP contribution in [0.4, 0.5) is 21.1 Å². The molecular weight excluding hydrogens is 514 g/mol. The van der Waals surface area contributed by atoms with Crippen molar-refractivity contribution >= 4 is 23.6 Å². The van der Waals surface area contributed by atoms with Gasteiger partial charge in [0.05, 0.1) is 11.4 Å². The molecule has 2 aromatic carbocycles. The van der Waals surface area contributed by atoms with Crippen molar-refractivity contribution in [2.45, 2.75) is 84.2 Å². The van der Waals surface area contributed by atoms with E-state index in [-0.39, 0.29) is 23.6 Å². The van der Waals surface area contributed by atoms with Gasteiger partial charge in [-0.25, -0.2) is 14.3 Å². The van der Waals surface area contributed by atoms with Crippen LogP contribution < -0.4 is 10.6 Å². The molecule has 8 nitrogen and oxygen atoms in total. The summed E-state index contributed by atoms with van der Waals surface area (Å²) in [5.41, 5.74) is 4.67. The second-order valence-corrected chi connectivity index (χ2v) is 12.6. The first kappa shape index (κ1) is 28.7. The number of likely N-dealkylation sites (tertiary alicyclic amines) is 1. The summed E-state index contributed by atoms with van der Waals surface area (Å²) in [4.78, 5) is 27.7. The molecule has 1 saturated carbocycles. The summed E-state index contributed by atoms with van der Waals surface area (Å²) in [7, 11) is 0. The summed E-state index contributed by atoms with van der Waals surface area (Å²) in [6.45, 7) is 9.80. The Morgan fingerprint density at radius 2 is 1.63 bits per heavy atom. The van der Waals surface area contributed by atoms with Crippen molar-refractivity contribution < 1.29 is 14.3 Å². The molecule has 2 aliphatic rings. The molecule has 0 spiro atoms. The van der Waals surface area contributed by atoms with Crippen LogP contribution in [-0.2, 0) is 16.6 Å². The van der Waals surface area contributed by atoms with Gasteiger partial charge in [0.25, 0.3) is 0 Å². The van der Waals surface area contributed by atoms with Gasteiger partial charge in [0.15, 0.2) is 0 Å². The standard InChI is InChI=1S/C33H43N5O3/c1-23-13-15-26(16-14-23)38-30(22-29(36-38)33(2,3)4)35-31(39)34-28-12-8-5-9-25(28)21-24-17-19-37(20-18-24)32(40)41-27-10-6-7-11-27/h5,8-9,12-16,22,24,27H,6-7,10-11,17-21H2,1-4H3,(H2,34,35,39). The number of hydrogen-bond donors (Lipinski definition) is 2. The number of carbonyl (C=O) groups is 2. The van der Waals surface area contributed by atoms with E-state index in [1.165, 1.54) is 0 Å². The predicted octanol–water partition coefficient (Wildman–Crippen LogP) is 7.46. The fraction of sp³-hybridized carbons (Fsp3) is 0.485. The third kappa shape index (κ3) is 7.29. The van der Waals surface area contributed by atoms with Gasteiger partial charge in [0.1, 0.15) is 11.9 Å². The van der Waals surface area contributed by atoms with Crippen LogP contribution in [0.5, 0.6) is 0 Å². The number of para-hydroxylation sites is 1. The molecule has 2 heterocycles. The molecule has 2 N–H and O–H groups in total. The fourth-order valence-electron chi connectivity index (χ4n) is 5.66. The van der Waals surface area contributed by atoms with E-state index in [9.17, 15) is 9.59 Å². The Balaban J connectivity index is 1.22. The van der Waals surface area contributed by atoms with Gasteiger partial charge in [-0.3, -0.25) is 5.32 Å². The van der Waals surface area contributed by atoms with Crippen molar-refractivity contribution in [3.8, 4) is 5.69 Å². The maximum Gasteiger partial charge on any atom is 0.410 e. The minimum absolute atomic E-state index is 0.0971. The van der Waals surface area contributed by atoms with Crippen LogP contribution in [0.25, 0.3) is 5.69 Å². The van der Waals surface area contributed by atoms with Crippen LogP contribution in [-0.4, -0.2) is 46.0 Å². The SMILES string of the molecule is Cc1ccc(-n2nc(C(C)(C)C)cc2NC(=O)Nc2ccccc2CC2CCN(C(=O)OC3CCCC3)CC2)cc1. The normalized spacial score (nSPS) is 16.5. The monoisotopic (exact) mass is 557 g/mol. The van der Waals surface area contributed by atoms with E-state index in [2.05, 4.69) is 37.5 Å². The summed E-state index contributed by atoms with van der Waals surface area (Å²) in [5.74, 6) is 1.06. The molecule has 1 saturated heterocycles. The van der Waals surface area contributed by atoms with E-state index in [0.717, 1.165) is 73.1 Å². The van der Waals surface area contributed by atoms with E-state index in [1.807, 2.05) is 60.4 Å². The Morgan fingerprint density at radius 1 is 0.951 bits per heavy atom. The molecule has 0 atom stereocenters. The average molecular weight is 558 g/mol. The lowest BCUT2D eigenvalue weighted by Gasteiger charge is -2.32. The highest BCUT2D eigenvalue weighted by atomic mass is 16.6. The molecule has 8 heteroatoms. The molecule has 2 fully saturated rings. The number of carbonyl (C=O) groups excluding carboxylic acids is 2. The summed E-state index contributed by atoms with van der Waals surface area (Å²) in [5, 5.41) is 10.9. The smallest absolute Gasteiger partial charge is 0.410 e. The summed E-state index contributed by atoms with van der Waals surface area (Å²) < 4.78 is 7.49. The quantitative estimate of drug-likeness (QED) is 0.329. The Morgan fingerprint density at radius 3 is 2.32 bits per heavy atom. The molecule has 218 valence electrons. The zero-order valence-electron chi connectivity index (χ0n) is 24.8. The van der Waals surface area contributed by atoms with Gasteiger partial charge in [-0.2, -0.15) is 5.10 Å². The minimum Gasteiger partial charge on any atom is -0.446 e. The van der Waals surface area contributed by atoms with Crippen LogP contribution in [0.3, 0.4) is 0 Å². The van der Waals surface area contributed by atoms with E-state index >= 15 is 0 Å². The third-order valence-electron chi connectivity index (χ3n) is 8.21. The first-order valence-electron chi connectivity index (χ1n) is 14.9. The molecule has 0 radical (unpaired) electrons. The predicted molar refractivity (Wildman–Crippen MR) is 163 cm³/mol. The Labute approximate surface area is 243 Å². The van der Waals surface area contributed by atoms with Crippen molar-refractivity contribution in [2.75, 3.05) is 23.7 Å². The number of piperidine rings is 1. The Bertz CT molecular complexity index is 1340. The number of nitrogens with one attached hydrogen (secondary N) is 2. The van der Waals surface area contributed by atoms with Gasteiger partial charge in [0, 0.05) is 30.3 Å². The summed E-state index contributed by atoms with van der Waals surface area (Å²) >= 11 is 0. The first-order valence-corrected chi connectivity index (χ1v) is 14.9. The van der Waals surface area contributed by atoms with Gasteiger partial charge in [-0.15, -0.1) is 0 Å². The van der Waals surface area contributed by atoms with Crippen molar-refractivity contribution in [3.05, 3.63) is 71.4 Å². The molecule has 41 heavy (non-hydrogen) atoms. The molecule has 5 rings (SSSR count). The summed E-state index contributed by atoms with van der Waals surface area (Å²) in [6, 6.07) is 17.7. The number of ether oxygens (including phenoxy) is 1. The van der Waals surface area contributed by atoms with E-state index < -0.39 is 0 Å². The number of nitrogens with zero attached hydrogens (tertiary/aromatic N) is 3. The van der Waals surface area contributed by atoms with Crippen molar-refractivity contribution in [1.29, 1.82) is 0 Å². The van der Waals surface area contributed by atoms with Crippen molar-refractivity contribution in [3.63, 3.8) is 0 Å². The molecule has 3 aromatic rings. The lowest BCUT2D eigenvalue weighted by atomic mass is 9.89. The number of aromatic nitrogens is 2. The minimum atomic E-state index is -0.310. The van der Waals surface area contributed by atoms with Gasteiger partial charge in [-0.05, 0) is 81.5 Å². The highest BCUT2D eigenvalue weighted by Crippen LogP contribution is 2.29. The molecule has 0 unspecified atom stereocenters. The number of urea groups is 1. The van der Waals surface area contributed by atoms with Crippen LogP contribution >= 0.6 is 0 Å². The molecule has 0 bridgehead atoms. The Hall–Kier alpha value is -3.81. The highest BCUT2D eigenvalue weighted by molar-refractivity contribution is 6.00. The Kier molecular flexibility index (Phi) is 8.66. The zero-order chi connectivity index (χ0) is 29.0. The molecule has 1 aromatic heterocycles. The third-order valence-corrected chi connectivity index (χ3v) is 8.21. The second kappa shape index (κ2) is 12.4. The topological polar surface area (TPSA) is 88.5 Å². The van der Waals surface area contributed by atoms with Gasteiger partial charge < -0.3 is 15.0 Å². The van der Waals surface area contributed by atoms with Crippen LogP contribution in [0.2, 0.25) is 0 Å². The molecule has 1 aliphatic heterocycles. The number of anilines is 2. The summed E-state index contributed by atoms with van der Waals surface area (Å²) in [6.07, 6.45) is 6.92. The number of amides is 3. The van der Waals surface area contributed by atoms with Crippen LogP contribution in [0.1, 0.15) is 76.1 Å². The van der Waals surface area contributed by atoms with Gasteiger partial charge in [0.2, 0.25) is 0 Å². The molecular formula is C33H43N5O3. The number of rotatable bonds is 6. The lowest BCUT2D eigenvalue weighted by Crippen LogP contribution is -2.40. The first-order chi connectivity index (χ1) is 19.7. The highest BCUT2D eigenvalue weighted by Gasteiger charge is 2.28. The second-order valence-electron chi connectivity index (χ2n) is 12.6. The van der Waals surface area contributed by atoms with Crippen LogP contribution in [0.15, 0.2) is 54.6 Å². The number of hydrogen-bond acceptors (Lipinski definition) is 4. The van der Waals surface area contributed by atoms with Gasteiger partial charge >= 0.3 is 12.1 Å². The lowest BCUT2D eigenvalue weighted by molar-refractivity contribution is 0.0553. The van der Waals surface area contributed by atoms with Gasteiger partial charge in [-0.1, -0.05) is 56.7 Å². The number of aryl methyl sites for hydroxylation is 1. The van der Waals surface area contributed by atoms with Crippen LogP contribution in [0, 0.1) is 12.8 Å². The number of benzene rings is 2. The largest absolute Gasteiger partial charge is 0.446 e. The van der Waals surface area contributed by atoms with E-state index in [4.69, 9.17) is 9.84 Å². The maximum absolute atomic E-state index is 13.3. The van der Waals surface area contributed by atoms with Crippen molar-refractivity contribution in [1.82, 2.24) is 14.7 Å². The average Bonchev–Trinajstić information content (AvgIpc) is 3.61. The van der Waals surface area contributed by atoms with Crippen molar-refractivity contribution in [2.24, 2.45) is 5.92 Å².